The number of hydrogen-bond acceptors (Lipinski definition) is 3. The smallest absolute Gasteiger partial charge is 0.228 e. The molecule has 0 atom stereocenters. The van der Waals surface area contributed by atoms with E-state index < -0.39 is 0 Å². The summed E-state index contributed by atoms with van der Waals surface area (Å²) >= 11 is 0. The van der Waals surface area contributed by atoms with E-state index >= 15 is 0 Å². The second-order valence-electron chi connectivity index (χ2n) is 7.42. The summed E-state index contributed by atoms with van der Waals surface area (Å²) in [6.07, 6.45) is 9.40. The van der Waals surface area contributed by atoms with Crippen LogP contribution in [0.2, 0.25) is 0 Å². The van der Waals surface area contributed by atoms with Crippen LogP contribution >= 0.6 is 0 Å². The van der Waals surface area contributed by atoms with Crippen LogP contribution < -0.4 is 10.6 Å². The van der Waals surface area contributed by atoms with Crippen LogP contribution in [0.4, 0.5) is 5.69 Å². The van der Waals surface area contributed by atoms with Crippen molar-refractivity contribution in [1.82, 2.24) is 10.3 Å². The Morgan fingerprint density at radius 2 is 2.07 bits per heavy atom. The summed E-state index contributed by atoms with van der Waals surface area (Å²) in [5.41, 5.74) is 5.32. The van der Waals surface area contributed by atoms with Crippen LogP contribution in [0.15, 0.2) is 35.9 Å². The van der Waals surface area contributed by atoms with Gasteiger partial charge in [-0.2, -0.15) is 0 Å². The molecule has 1 heterocycles. The number of allylic oxidation sites excluding steroid dienone is 1. The molecule has 1 amide bonds. The normalized spacial score (nSPS) is 14.2. The van der Waals surface area contributed by atoms with E-state index in [9.17, 15) is 4.79 Å². The quantitative estimate of drug-likeness (QED) is 0.516. The van der Waals surface area contributed by atoms with E-state index in [2.05, 4.69) is 41.8 Å². The molecule has 1 aromatic heterocycles. The molecule has 2 N–H and O–H groups in total. The van der Waals surface area contributed by atoms with Crippen molar-refractivity contribution in [2.24, 2.45) is 0 Å². The van der Waals surface area contributed by atoms with Gasteiger partial charge in [0.1, 0.15) is 0 Å². The second kappa shape index (κ2) is 9.65. The molecule has 1 aromatic carbocycles. The highest BCUT2D eigenvalue weighted by Crippen LogP contribution is 2.28. The van der Waals surface area contributed by atoms with Gasteiger partial charge in [-0.05, 0) is 82.3 Å². The summed E-state index contributed by atoms with van der Waals surface area (Å²) in [6.45, 7) is 6.18. The van der Waals surface area contributed by atoms with Gasteiger partial charge in [0.15, 0.2) is 0 Å². The Bertz CT molecular complexity index is 826. The molecular formula is C23H31N3O. The third-order valence-corrected chi connectivity index (χ3v) is 5.21. The lowest BCUT2D eigenvalue weighted by molar-refractivity contribution is -0.115. The first-order valence-electron chi connectivity index (χ1n) is 10.2. The predicted molar refractivity (Wildman–Crippen MR) is 113 cm³/mol. The van der Waals surface area contributed by atoms with E-state index in [1.807, 2.05) is 13.0 Å². The van der Waals surface area contributed by atoms with Crippen LogP contribution in [0.5, 0.6) is 0 Å². The first kappa shape index (κ1) is 19.6. The Balaban J connectivity index is 1.73. The molecule has 2 aromatic rings. The minimum Gasteiger partial charge on any atom is -0.325 e. The summed E-state index contributed by atoms with van der Waals surface area (Å²) in [5, 5.41) is 7.52. The Labute approximate surface area is 162 Å². The number of aryl methyl sites for hydroxylation is 2. The van der Waals surface area contributed by atoms with E-state index in [1.54, 1.807) is 0 Å². The molecule has 27 heavy (non-hydrogen) atoms. The molecule has 4 nitrogen and oxygen atoms in total. The van der Waals surface area contributed by atoms with Gasteiger partial charge in [0, 0.05) is 17.5 Å². The number of amides is 1. The molecule has 0 aliphatic heterocycles. The fraction of sp³-hybridized carbons (Fsp3) is 0.478. The number of nitrogens with one attached hydrogen (secondary N) is 2. The molecule has 0 saturated heterocycles. The van der Waals surface area contributed by atoms with Crippen molar-refractivity contribution in [1.29, 1.82) is 0 Å². The maximum atomic E-state index is 12.6. The van der Waals surface area contributed by atoms with Gasteiger partial charge in [-0.25, -0.2) is 0 Å². The molecule has 0 bridgehead atoms. The molecular weight excluding hydrogens is 334 g/mol. The highest BCUT2D eigenvalue weighted by Gasteiger charge is 2.13. The summed E-state index contributed by atoms with van der Waals surface area (Å²) in [6, 6.07) is 8.30. The van der Waals surface area contributed by atoms with Crippen molar-refractivity contribution >= 4 is 22.5 Å². The van der Waals surface area contributed by atoms with Gasteiger partial charge >= 0.3 is 0 Å². The number of fused-ring (bicyclic) bond motifs is 1. The maximum absolute atomic E-state index is 12.6. The lowest BCUT2D eigenvalue weighted by Gasteiger charge is -2.15. The molecule has 0 radical (unpaired) electrons. The van der Waals surface area contributed by atoms with Gasteiger partial charge in [-0.3, -0.25) is 9.78 Å². The first-order chi connectivity index (χ1) is 13.2. The fourth-order valence-corrected chi connectivity index (χ4v) is 3.69. The van der Waals surface area contributed by atoms with Crippen molar-refractivity contribution < 1.29 is 4.79 Å². The molecule has 144 valence electrons. The number of aromatic nitrogens is 1. The third kappa shape index (κ3) is 5.39. The van der Waals surface area contributed by atoms with Crippen LogP contribution in [0, 0.1) is 6.92 Å². The van der Waals surface area contributed by atoms with E-state index in [0.717, 1.165) is 66.6 Å². The lowest BCUT2D eigenvalue weighted by atomic mass is 9.97. The number of benzene rings is 1. The Morgan fingerprint density at radius 3 is 2.85 bits per heavy atom. The Kier molecular flexibility index (Phi) is 6.99. The average Bonchev–Trinajstić information content (AvgIpc) is 2.68. The molecule has 0 unspecified atom stereocenters. The SMILES string of the molecule is CCNCCCc1ccc2c(NC(=O)CC3=CCCCC3)c(C)ccc2n1. The maximum Gasteiger partial charge on any atom is 0.228 e. The lowest BCUT2D eigenvalue weighted by Crippen LogP contribution is -2.15. The minimum atomic E-state index is 0.0773. The zero-order valence-electron chi connectivity index (χ0n) is 16.6. The summed E-state index contributed by atoms with van der Waals surface area (Å²) in [4.78, 5) is 17.4. The van der Waals surface area contributed by atoms with Crippen LogP contribution in [0.3, 0.4) is 0 Å². The van der Waals surface area contributed by atoms with Crippen molar-refractivity contribution in [3.05, 3.63) is 47.2 Å². The van der Waals surface area contributed by atoms with Gasteiger partial charge in [0.25, 0.3) is 0 Å². The van der Waals surface area contributed by atoms with E-state index in [1.165, 1.54) is 18.4 Å². The number of pyridine rings is 1. The van der Waals surface area contributed by atoms with Gasteiger partial charge in [0.2, 0.25) is 5.91 Å². The van der Waals surface area contributed by atoms with Gasteiger partial charge < -0.3 is 10.6 Å². The highest BCUT2D eigenvalue weighted by atomic mass is 16.1. The van der Waals surface area contributed by atoms with Crippen molar-refractivity contribution in [3.63, 3.8) is 0 Å². The van der Waals surface area contributed by atoms with Gasteiger partial charge in [-0.15, -0.1) is 0 Å². The standard InChI is InChI=1S/C23H31N3O/c1-3-24-15-7-10-19-12-13-20-21(25-19)14-11-17(2)23(20)26-22(27)16-18-8-5-4-6-9-18/h8,11-14,24H,3-7,9-10,15-16H2,1-2H3,(H,26,27). The highest BCUT2D eigenvalue weighted by molar-refractivity contribution is 6.02. The monoisotopic (exact) mass is 365 g/mol. The summed E-state index contributed by atoms with van der Waals surface area (Å²) in [5.74, 6) is 0.0773. The van der Waals surface area contributed by atoms with E-state index in [4.69, 9.17) is 4.98 Å². The minimum absolute atomic E-state index is 0.0773. The average molecular weight is 366 g/mol. The first-order valence-corrected chi connectivity index (χ1v) is 10.2. The number of carbonyl (C=O) groups excluding carboxylic acids is 1. The Hall–Kier alpha value is -2.20. The van der Waals surface area contributed by atoms with Crippen molar-refractivity contribution in [2.75, 3.05) is 18.4 Å². The molecule has 1 aliphatic rings. The van der Waals surface area contributed by atoms with Crippen molar-refractivity contribution in [3.8, 4) is 0 Å². The van der Waals surface area contributed by atoms with Crippen LogP contribution in [0.25, 0.3) is 10.9 Å². The Morgan fingerprint density at radius 1 is 1.19 bits per heavy atom. The summed E-state index contributed by atoms with van der Waals surface area (Å²) < 4.78 is 0. The molecule has 3 rings (SSSR count). The van der Waals surface area contributed by atoms with Crippen LogP contribution in [0.1, 0.15) is 56.7 Å². The second-order valence-corrected chi connectivity index (χ2v) is 7.42. The predicted octanol–water partition coefficient (Wildman–Crippen LogP) is 4.91. The summed E-state index contributed by atoms with van der Waals surface area (Å²) in [7, 11) is 0. The van der Waals surface area contributed by atoms with Gasteiger partial charge in [0.05, 0.1) is 11.2 Å². The van der Waals surface area contributed by atoms with Crippen LogP contribution in [-0.2, 0) is 11.2 Å². The zero-order chi connectivity index (χ0) is 19.1. The largest absolute Gasteiger partial charge is 0.325 e. The third-order valence-electron chi connectivity index (χ3n) is 5.21. The molecule has 4 heteroatoms. The number of rotatable bonds is 8. The van der Waals surface area contributed by atoms with E-state index in [-0.39, 0.29) is 5.91 Å². The molecule has 0 fully saturated rings. The number of hydrogen-bond donors (Lipinski definition) is 2. The number of nitrogens with zero attached hydrogens (tertiary/aromatic N) is 1. The molecule has 1 aliphatic carbocycles. The van der Waals surface area contributed by atoms with Crippen LogP contribution in [-0.4, -0.2) is 24.0 Å². The number of carbonyl (C=O) groups is 1. The molecule has 0 saturated carbocycles. The topological polar surface area (TPSA) is 54.0 Å². The van der Waals surface area contributed by atoms with E-state index in [0.29, 0.717) is 6.42 Å². The zero-order valence-corrected chi connectivity index (χ0v) is 16.6. The number of anilines is 1. The molecule has 0 spiro atoms. The fourth-order valence-electron chi connectivity index (χ4n) is 3.69. The van der Waals surface area contributed by atoms with Gasteiger partial charge in [-0.1, -0.05) is 24.6 Å². The van der Waals surface area contributed by atoms with Crippen molar-refractivity contribution in [2.45, 2.75) is 58.8 Å².